The molecule has 0 atom stereocenters. The van der Waals surface area contributed by atoms with E-state index in [0.717, 1.165) is 0 Å². The first kappa shape index (κ1) is 24.6. The second-order valence-corrected chi connectivity index (χ2v) is 2.96. The molecule has 0 unspecified atom stereocenters. The van der Waals surface area contributed by atoms with Gasteiger partial charge in [0.05, 0.1) is 6.61 Å². The summed E-state index contributed by atoms with van der Waals surface area (Å²) in [7, 11) is 0. The van der Waals surface area contributed by atoms with Crippen LogP contribution in [0.1, 0.15) is 34.1 Å². The quantitative estimate of drug-likeness (QED) is 0.375. The van der Waals surface area contributed by atoms with E-state index in [0.29, 0.717) is 12.5 Å². The first-order chi connectivity index (χ1) is 7.65. The summed E-state index contributed by atoms with van der Waals surface area (Å²) in [5, 5.41) is 35.6. The molecule has 0 rings (SSSR count). The number of carbonyl (C=O) groups is 2. The predicted octanol–water partition coefficient (Wildman–Crippen LogP) is 2.99. The van der Waals surface area contributed by atoms with E-state index in [9.17, 15) is 0 Å². The Kier molecular flexibility index (Phi) is 34.7. The molecule has 0 aromatic carbocycles. The molecule has 0 amide bonds. The average Bonchev–Trinajstić information content (AvgIpc) is 2.01. The Hall–Kier alpha value is -1.54. The molecule has 0 saturated heterocycles. The van der Waals surface area contributed by atoms with Gasteiger partial charge in [0.1, 0.15) is 0 Å². The van der Waals surface area contributed by atoms with Crippen molar-refractivity contribution in [2.24, 2.45) is 5.92 Å². The van der Waals surface area contributed by atoms with E-state index in [4.69, 9.17) is 35.3 Å². The summed E-state index contributed by atoms with van der Waals surface area (Å²) in [5.74, 6) is 0.426. The molecule has 0 bridgehead atoms. The highest BCUT2D eigenvalue weighted by molar-refractivity contribution is 5.53. The monoisotopic (exact) mass is 258 g/mol. The fraction of sp³-hybridized carbons (Fsp3) is 0.778. The second-order valence-electron chi connectivity index (χ2n) is 2.96. The van der Waals surface area contributed by atoms with Crippen molar-refractivity contribution in [2.45, 2.75) is 34.1 Å². The third-order valence-electron chi connectivity index (χ3n) is 0.408. The van der Waals surface area contributed by atoms with E-state index in [1.165, 1.54) is 6.42 Å². The fourth-order valence-electron chi connectivity index (χ4n) is 0.149. The average molecular weight is 258 g/mol. The van der Waals surface area contributed by atoms with Crippen LogP contribution in [0.15, 0.2) is 0 Å². The van der Waals surface area contributed by atoms with E-state index in [-0.39, 0.29) is 0 Å². The van der Waals surface area contributed by atoms with E-state index in [1.54, 1.807) is 0 Å². The van der Waals surface area contributed by atoms with Crippen molar-refractivity contribution < 1.29 is 40.2 Å². The lowest BCUT2D eigenvalue weighted by atomic mass is 10.2. The van der Waals surface area contributed by atoms with Gasteiger partial charge in [-0.05, 0) is 5.92 Å². The largest absolute Gasteiger partial charge is 0.503 e. The lowest BCUT2D eigenvalue weighted by molar-refractivity contribution is -0.248. The highest BCUT2D eigenvalue weighted by Gasteiger charge is 1.87. The van der Waals surface area contributed by atoms with Gasteiger partial charge >= 0.3 is 12.3 Å². The van der Waals surface area contributed by atoms with Crippen LogP contribution in [0.2, 0.25) is 0 Å². The molecular weight excluding hydrogens is 236 g/mol. The smallest absolute Gasteiger partial charge is 0.450 e. The molecule has 0 fully saturated rings. The normalized spacial score (nSPS) is 7.41. The van der Waals surface area contributed by atoms with Gasteiger partial charge in [-0.25, -0.2) is 14.5 Å². The summed E-state index contributed by atoms with van der Waals surface area (Å²) >= 11 is 0. The summed E-state index contributed by atoms with van der Waals surface area (Å²) in [6.07, 6.45) is -2.42. The molecule has 0 radical (unpaired) electrons. The van der Waals surface area contributed by atoms with E-state index < -0.39 is 12.3 Å². The predicted molar refractivity (Wildman–Crippen MR) is 60.7 cm³/mol. The maximum atomic E-state index is 8.56. The van der Waals surface area contributed by atoms with Gasteiger partial charge in [0, 0.05) is 0 Å². The maximum absolute atomic E-state index is 8.56. The molecule has 0 aliphatic carbocycles. The lowest BCUT2D eigenvalue weighted by Crippen LogP contribution is -1.96. The molecular formula is C9H22O8. The van der Waals surface area contributed by atoms with Gasteiger partial charge in [-0.2, -0.15) is 0 Å². The Morgan fingerprint density at radius 1 is 1.00 bits per heavy atom. The summed E-state index contributed by atoms with van der Waals surface area (Å²) in [6, 6.07) is 0. The number of carboxylic acid groups (broad SMARTS) is 4. The topological polar surface area (TPSA) is 145 Å². The van der Waals surface area contributed by atoms with Gasteiger partial charge in [-0.3, -0.25) is 5.26 Å². The minimum Gasteiger partial charge on any atom is -0.450 e. The Morgan fingerprint density at radius 3 is 1.18 bits per heavy atom. The standard InChI is InChI=1S/C4H10O2.C3H8.2CH2O3/c1-4(2)3-6-5;1-3-2;2*2-1(3)4/h4-5H,3H2,1-2H3;3H2,1-2H3;2*(H2,2,3,4). The Labute approximate surface area is 100 Å². The van der Waals surface area contributed by atoms with Gasteiger partial charge in [0.15, 0.2) is 0 Å². The minimum absolute atomic E-state index is 0.426. The van der Waals surface area contributed by atoms with Crippen LogP contribution in [0.3, 0.4) is 0 Å². The van der Waals surface area contributed by atoms with Crippen molar-refractivity contribution in [1.82, 2.24) is 0 Å². The van der Waals surface area contributed by atoms with Crippen molar-refractivity contribution in [3.8, 4) is 0 Å². The second kappa shape index (κ2) is 23.9. The van der Waals surface area contributed by atoms with Crippen LogP contribution in [0, 0.1) is 5.92 Å². The molecule has 8 heteroatoms. The zero-order chi connectivity index (χ0) is 14.9. The number of hydrogen-bond acceptors (Lipinski definition) is 4. The number of rotatable bonds is 2. The Bertz CT molecular complexity index is 137. The molecule has 0 aromatic heterocycles. The molecule has 0 spiro atoms. The Morgan fingerprint density at radius 2 is 1.18 bits per heavy atom. The minimum atomic E-state index is -1.83. The van der Waals surface area contributed by atoms with Crippen LogP contribution in [0.25, 0.3) is 0 Å². The first-order valence-electron chi connectivity index (χ1n) is 4.75. The van der Waals surface area contributed by atoms with Crippen LogP contribution in [-0.4, -0.2) is 44.6 Å². The van der Waals surface area contributed by atoms with Crippen LogP contribution < -0.4 is 0 Å². The molecule has 0 aliphatic rings. The summed E-state index contributed by atoms with van der Waals surface area (Å²) in [5.41, 5.74) is 0. The summed E-state index contributed by atoms with van der Waals surface area (Å²) < 4.78 is 0. The SMILES string of the molecule is CC(C)COO.CCC.O=C(O)O.O=C(O)O. The van der Waals surface area contributed by atoms with Crippen LogP contribution in [0.4, 0.5) is 9.59 Å². The van der Waals surface area contributed by atoms with Crippen molar-refractivity contribution in [3.05, 3.63) is 0 Å². The van der Waals surface area contributed by atoms with Gasteiger partial charge in [-0.1, -0.05) is 34.1 Å². The first-order valence-corrected chi connectivity index (χ1v) is 4.75. The number of hydrogen-bond donors (Lipinski definition) is 5. The zero-order valence-corrected chi connectivity index (χ0v) is 10.5. The van der Waals surface area contributed by atoms with Gasteiger partial charge in [0.2, 0.25) is 0 Å². The lowest BCUT2D eigenvalue weighted by Gasteiger charge is -1.95. The molecule has 0 aliphatic heterocycles. The summed E-state index contributed by atoms with van der Waals surface area (Å²) in [6.45, 7) is 8.62. The molecule has 106 valence electrons. The van der Waals surface area contributed by atoms with Crippen molar-refractivity contribution in [2.75, 3.05) is 6.61 Å². The van der Waals surface area contributed by atoms with Crippen LogP contribution >= 0.6 is 0 Å². The zero-order valence-electron chi connectivity index (χ0n) is 10.5. The van der Waals surface area contributed by atoms with Crippen molar-refractivity contribution in [3.63, 3.8) is 0 Å². The van der Waals surface area contributed by atoms with Crippen LogP contribution in [-0.2, 0) is 4.89 Å². The maximum Gasteiger partial charge on any atom is 0.503 e. The highest BCUT2D eigenvalue weighted by atomic mass is 17.1. The van der Waals surface area contributed by atoms with Gasteiger partial charge < -0.3 is 20.4 Å². The molecule has 0 heterocycles. The van der Waals surface area contributed by atoms with E-state index in [2.05, 4.69) is 18.7 Å². The fourth-order valence-corrected chi connectivity index (χ4v) is 0.149. The van der Waals surface area contributed by atoms with Crippen LogP contribution in [0.5, 0.6) is 0 Å². The molecule has 5 N–H and O–H groups in total. The van der Waals surface area contributed by atoms with E-state index in [1.807, 2.05) is 13.8 Å². The summed E-state index contributed by atoms with van der Waals surface area (Å²) in [4.78, 5) is 20.9. The van der Waals surface area contributed by atoms with Gasteiger partial charge in [-0.15, -0.1) is 0 Å². The van der Waals surface area contributed by atoms with Crippen molar-refractivity contribution in [1.29, 1.82) is 0 Å². The third-order valence-corrected chi connectivity index (χ3v) is 0.408. The van der Waals surface area contributed by atoms with E-state index >= 15 is 0 Å². The molecule has 8 nitrogen and oxygen atoms in total. The molecule has 0 saturated carbocycles. The van der Waals surface area contributed by atoms with Crippen molar-refractivity contribution >= 4 is 12.3 Å². The third kappa shape index (κ3) is 1050. The molecule has 17 heavy (non-hydrogen) atoms. The highest BCUT2D eigenvalue weighted by Crippen LogP contribution is 1.87. The Balaban J connectivity index is -0.0000000688. The van der Waals surface area contributed by atoms with Gasteiger partial charge in [0.25, 0.3) is 0 Å². The molecule has 0 aromatic rings.